The minimum Gasteiger partial charge on any atom is -0.405 e. The van der Waals surface area contributed by atoms with Gasteiger partial charge in [-0.05, 0) is 26.7 Å². The number of hydrogen-bond donors (Lipinski definition) is 0. The molecule has 0 aromatic carbocycles. The third kappa shape index (κ3) is 4.78. The van der Waals surface area contributed by atoms with Gasteiger partial charge in [0.05, 0.1) is 12.7 Å². The molecule has 18 heavy (non-hydrogen) atoms. The lowest BCUT2D eigenvalue weighted by Crippen LogP contribution is -2.42. The molecule has 1 unspecified atom stereocenters. The molecule has 1 atom stereocenters. The zero-order valence-corrected chi connectivity index (χ0v) is 11.7. The van der Waals surface area contributed by atoms with E-state index in [2.05, 4.69) is 6.58 Å². The average molecular weight is 256 g/mol. The molecule has 0 aliphatic heterocycles. The Bertz CT molecular complexity index is 294. The van der Waals surface area contributed by atoms with Crippen molar-refractivity contribution in [3.8, 4) is 0 Å². The zero-order valence-electron chi connectivity index (χ0n) is 11.7. The Hall–Kier alpha value is -0.870. The number of carbonyl (C=O) groups excluding carboxylic acids is 1. The number of hydrogen-bond acceptors (Lipinski definition) is 4. The van der Waals surface area contributed by atoms with Gasteiger partial charge in [-0.2, -0.15) is 0 Å². The highest BCUT2D eigenvalue weighted by Gasteiger charge is 2.34. The van der Waals surface area contributed by atoms with Crippen molar-refractivity contribution < 1.29 is 19.0 Å². The Morgan fingerprint density at radius 3 is 2.44 bits per heavy atom. The molecule has 0 bridgehead atoms. The van der Waals surface area contributed by atoms with Crippen molar-refractivity contribution in [1.29, 1.82) is 0 Å². The van der Waals surface area contributed by atoms with Crippen LogP contribution in [0, 0.1) is 0 Å². The first-order chi connectivity index (χ1) is 8.47. The zero-order chi connectivity index (χ0) is 13.6. The molecule has 1 fully saturated rings. The van der Waals surface area contributed by atoms with Gasteiger partial charge < -0.3 is 14.2 Å². The van der Waals surface area contributed by atoms with E-state index in [4.69, 9.17) is 14.2 Å². The SMILES string of the molecule is C=C(C)C(=O)OC(C)(OCC)OC1CCCCC1. The summed E-state index contributed by atoms with van der Waals surface area (Å²) in [4.78, 5) is 11.6. The van der Waals surface area contributed by atoms with E-state index in [1.165, 1.54) is 6.42 Å². The van der Waals surface area contributed by atoms with Crippen LogP contribution in [0.5, 0.6) is 0 Å². The van der Waals surface area contributed by atoms with E-state index in [1.54, 1.807) is 13.8 Å². The fourth-order valence-corrected chi connectivity index (χ4v) is 2.09. The smallest absolute Gasteiger partial charge is 0.337 e. The first kappa shape index (κ1) is 15.2. The number of esters is 1. The summed E-state index contributed by atoms with van der Waals surface area (Å²) < 4.78 is 16.5. The molecular weight excluding hydrogens is 232 g/mol. The van der Waals surface area contributed by atoms with Crippen LogP contribution in [0.1, 0.15) is 52.9 Å². The van der Waals surface area contributed by atoms with E-state index in [1.807, 2.05) is 6.92 Å². The van der Waals surface area contributed by atoms with Crippen LogP contribution in [0.3, 0.4) is 0 Å². The number of ether oxygens (including phenoxy) is 3. The summed E-state index contributed by atoms with van der Waals surface area (Å²) in [6, 6.07) is 0. The highest BCUT2D eigenvalue weighted by atomic mass is 16.9. The molecule has 0 aromatic rings. The standard InChI is InChI=1S/C14H24O4/c1-5-16-14(4,18-13(15)11(2)3)17-12-9-7-6-8-10-12/h12H,2,5-10H2,1,3-4H3. The van der Waals surface area contributed by atoms with Gasteiger partial charge in [-0.15, -0.1) is 0 Å². The van der Waals surface area contributed by atoms with Gasteiger partial charge in [0.1, 0.15) is 0 Å². The van der Waals surface area contributed by atoms with Gasteiger partial charge in [0.15, 0.2) is 0 Å². The van der Waals surface area contributed by atoms with Crippen LogP contribution >= 0.6 is 0 Å². The fraction of sp³-hybridized carbons (Fsp3) is 0.786. The lowest BCUT2D eigenvalue weighted by Gasteiger charge is -2.34. The molecule has 0 N–H and O–H groups in total. The van der Waals surface area contributed by atoms with E-state index in [0.29, 0.717) is 12.2 Å². The molecule has 0 saturated heterocycles. The average Bonchev–Trinajstić information content (AvgIpc) is 2.29. The minimum atomic E-state index is -1.30. The third-order valence-corrected chi connectivity index (χ3v) is 2.97. The quantitative estimate of drug-likeness (QED) is 0.416. The topological polar surface area (TPSA) is 44.8 Å². The molecule has 1 aliphatic rings. The number of rotatable bonds is 6. The molecule has 0 spiro atoms. The molecule has 1 rings (SSSR count). The maximum atomic E-state index is 11.6. The Morgan fingerprint density at radius 2 is 1.94 bits per heavy atom. The Morgan fingerprint density at radius 1 is 1.33 bits per heavy atom. The van der Waals surface area contributed by atoms with Crippen molar-refractivity contribution >= 4 is 5.97 Å². The minimum absolute atomic E-state index is 0.105. The summed E-state index contributed by atoms with van der Waals surface area (Å²) in [5.74, 6) is -1.78. The van der Waals surface area contributed by atoms with Crippen LogP contribution in [0.25, 0.3) is 0 Å². The Balaban J connectivity index is 2.60. The lowest BCUT2D eigenvalue weighted by atomic mass is 9.98. The molecule has 1 aliphatic carbocycles. The van der Waals surface area contributed by atoms with Crippen LogP contribution in [-0.4, -0.2) is 24.7 Å². The summed E-state index contributed by atoms with van der Waals surface area (Å²) in [6.45, 7) is 9.08. The summed E-state index contributed by atoms with van der Waals surface area (Å²) >= 11 is 0. The first-order valence-corrected chi connectivity index (χ1v) is 6.67. The second kappa shape index (κ2) is 6.90. The second-order valence-electron chi connectivity index (χ2n) is 4.84. The van der Waals surface area contributed by atoms with Crippen LogP contribution in [0.15, 0.2) is 12.2 Å². The first-order valence-electron chi connectivity index (χ1n) is 6.67. The third-order valence-electron chi connectivity index (χ3n) is 2.97. The van der Waals surface area contributed by atoms with E-state index in [0.717, 1.165) is 25.7 Å². The summed E-state index contributed by atoms with van der Waals surface area (Å²) in [5, 5.41) is 0. The largest absolute Gasteiger partial charge is 0.405 e. The maximum absolute atomic E-state index is 11.6. The molecule has 4 nitrogen and oxygen atoms in total. The molecule has 1 saturated carbocycles. The van der Waals surface area contributed by atoms with Gasteiger partial charge >= 0.3 is 11.9 Å². The summed E-state index contributed by atoms with van der Waals surface area (Å²) in [5.41, 5.74) is 0.341. The van der Waals surface area contributed by atoms with Gasteiger partial charge in [0.25, 0.3) is 0 Å². The van der Waals surface area contributed by atoms with Crippen molar-refractivity contribution in [1.82, 2.24) is 0 Å². The van der Waals surface area contributed by atoms with Crippen molar-refractivity contribution in [3.63, 3.8) is 0 Å². The van der Waals surface area contributed by atoms with Gasteiger partial charge in [-0.25, -0.2) is 4.79 Å². The molecule has 0 heterocycles. The van der Waals surface area contributed by atoms with E-state index < -0.39 is 11.9 Å². The van der Waals surface area contributed by atoms with Gasteiger partial charge in [-0.1, -0.05) is 25.8 Å². The van der Waals surface area contributed by atoms with Crippen LogP contribution in [-0.2, 0) is 19.0 Å². The summed E-state index contributed by atoms with van der Waals surface area (Å²) in [7, 11) is 0. The van der Waals surface area contributed by atoms with E-state index >= 15 is 0 Å². The van der Waals surface area contributed by atoms with Crippen molar-refractivity contribution in [2.45, 2.75) is 65.0 Å². The monoisotopic (exact) mass is 256 g/mol. The predicted octanol–water partition coefficient (Wildman–Crippen LogP) is 3.17. The fourth-order valence-electron chi connectivity index (χ4n) is 2.09. The molecular formula is C14H24O4. The van der Waals surface area contributed by atoms with Crippen molar-refractivity contribution in [2.75, 3.05) is 6.61 Å². The Labute approximate surface area is 109 Å². The number of carbonyl (C=O) groups is 1. The summed E-state index contributed by atoms with van der Waals surface area (Å²) in [6.07, 6.45) is 5.65. The van der Waals surface area contributed by atoms with Crippen LogP contribution in [0.4, 0.5) is 0 Å². The molecule has 4 heteroatoms. The van der Waals surface area contributed by atoms with Crippen LogP contribution < -0.4 is 0 Å². The van der Waals surface area contributed by atoms with Crippen molar-refractivity contribution in [2.24, 2.45) is 0 Å². The molecule has 104 valence electrons. The highest BCUT2D eigenvalue weighted by Crippen LogP contribution is 2.27. The van der Waals surface area contributed by atoms with Gasteiger partial charge in [-0.3, -0.25) is 0 Å². The normalized spacial score (nSPS) is 20.2. The van der Waals surface area contributed by atoms with Crippen molar-refractivity contribution in [3.05, 3.63) is 12.2 Å². The van der Waals surface area contributed by atoms with Gasteiger partial charge in [0.2, 0.25) is 0 Å². The predicted molar refractivity (Wildman–Crippen MR) is 68.9 cm³/mol. The van der Waals surface area contributed by atoms with Gasteiger partial charge in [0, 0.05) is 12.5 Å². The lowest BCUT2D eigenvalue weighted by molar-refractivity contribution is -0.365. The maximum Gasteiger partial charge on any atom is 0.337 e. The van der Waals surface area contributed by atoms with Crippen LogP contribution in [0.2, 0.25) is 0 Å². The molecule has 0 aromatic heterocycles. The highest BCUT2D eigenvalue weighted by molar-refractivity contribution is 5.87. The Kier molecular flexibility index (Phi) is 5.82. The molecule has 0 amide bonds. The van der Waals surface area contributed by atoms with E-state index in [9.17, 15) is 4.79 Å². The second-order valence-corrected chi connectivity index (χ2v) is 4.84. The van der Waals surface area contributed by atoms with E-state index in [-0.39, 0.29) is 6.10 Å². The molecule has 0 radical (unpaired) electrons.